The summed E-state index contributed by atoms with van der Waals surface area (Å²) in [6, 6.07) is 6.88. The number of aryl methyl sites for hydroxylation is 1. The molecule has 0 aliphatic rings. The third-order valence-corrected chi connectivity index (χ3v) is 2.59. The van der Waals surface area contributed by atoms with Gasteiger partial charge in [0.1, 0.15) is 0 Å². The molecule has 1 heterocycles. The summed E-state index contributed by atoms with van der Waals surface area (Å²) < 4.78 is 1.58. The largest absolute Gasteiger partial charge is 0.396 e. The smallest absolute Gasteiger partial charge is 0.319 e. The minimum Gasteiger partial charge on any atom is -0.396 e. The molecular weight excluding hydrogens is 260 g/mol. The van der Waals surface area contributed by atoms with Crippen LogP contribution in [-0.4, -0.2) is 44.5 Å². The first-order valence-corrected chi connectivity index (χ1v) is 6.22. The average molecular weight is 276 g/mol. The molecule has 106 valence electrons. The molecule has 0 aliphatic heterocycles. The summed E-state index contributed by atoms with van der Waals surface area (Å²) >= 11 is 0. The van der Waals surface area contributed by atoms with E-state index in [2.05, 4.69) is 26.2 Å². The molecule has 0 radical (unpaired) electrons. The molecule has 2 aromatic rings. The number of anilines is 1. The molecule has 1 aromatic heterocycles. The molecule has 0 unspecified atom stereocenters. The summed E-state index contributed by atoms with van der Waals surface area (Å²) in [6.07, 6.45) is 0.525. The Morgan fingerprint density at radius 1 is 1.45 bits per heavy atom. The number of tetrazole rings is 1. The topological polar surface area (TPSA) is 105 Å². The van der Waals surface area contributed by atoms with E-state index in [-0.39, 0.29) is 12.6 Å². The summed E-state index contributed by atoms with van der Waals surface area (Å²) in [5.41, 5.74) is 1.40. The second-order valence-corrected chi connectivity index (χ2v) is 4.15. The number of aromatic nitrogens is 4. The Balaban J connectivity index is 2.03. The zero-order valence-electron chi connectivity index (χ0n) is 11.1. The van der Waals surface area contributed by atoms with Crippen molar-refractivity contribution in [1.29, 1.82) is 0 Å². The Labute approximate surface area is 115 Å². The average Bonchev–Trinajstić information content (AvgIpc) is 2.85. The molecule has 0 saturated carbocycles. The SMILES string of the molecule is Cc1nnnn1-c1cccc(NC(=O)NCCCO)c1. The van der Waals surface area contributed by atoms with E-state index in [4.69, 9.17) is 5.11 Å². The van der Waals surface area contributed by atoms with E-state index in [0.29, 0.717) is 24.5 Å². The standard InChI is InChI=1S/C12H16N6O2/c1-9-15-16-17-18(9)11-5-2-4-10(8-11)14-12(20)13-6-3-7-19/h2,4-5,8,19H,3,6-7H2,1H3,(H2,13,14,20). The highest BCUT2D eigenvalue weighted by atomic mass is 16.3. The zero-order chi connectivity index (χ0) is 14.4. The number of amides is 2. The van der Waals surface area contributed by atoms with Crippen molar-refractivity contribution in [3.05, 3.63) is 30.1 Å². The van der Waals surface area contributed by atoms with Gasteiger partial charge in [-0.2, -0.15) is 4.68 Å². The van der Waals surface area contributed by atoms with Gasteiger partial charge in [0.25, 0.3) is 0 Å². The van der Waals surface area contributed by atoms with Crippen molar-refractivity contribution in [3.8, 4) is 5.69 Å². The number of benzene rings is 1. The molecule has 0 bridgehead atoms. The predicted molar refractivity (Wildman–Crippen MR) is 72.6 cm³/mol. The predicted octanol–water partition coefficient (Wildman–Crippen LogP) is 0.475. The van der Waals surface area contributed by atoms with Gasteiger partial charge in [-0.05, 0) is 42.0 Å². The van der Waals surface area contributed by atoms with Gasteiger partial charge in [0.05, 0.1) is 5.69 Å². The van der Waals surface area contributed by atoms with Crippen molar-refractivity contribution >= 4 is 11.7 Å². The van der Waals surface area contributed by atoms with Gasteiger partial charge in [0.15, 0.2) is 5.82 Å². The quantitative estimate of drug-likeness (QED) is 0.689. The molecule has 2 amide bonds. The lowest BCUT2D eigenvalue weighted by atomic mass is 10.3. The van der Waals surface area contributed by atoms with Crippen molar-refractivity contribution < 1.29 is 9.90 Å². The highest BCUT2D eigenvalue weighted by Gasteiger charge is 2.06. The normalized spacial score (nSPS) is 10.3. The highest BCUT2D eigenvalue weighted by molar-refractivity contribution is 5.89. The highest BCUT2D eigenvalue weighted by Crippen LogP contribution is 2.14. The molecule has 0 fully saturated rings. The number of nitrogens with zero attached hydrogens (tertiary/aromatic N) is 4. The Kier molecular flexibility index (Phi) is 4.61. The zero-order valence-corrected chi connectivity index (χ0v) is 11.1. The lowest BCUT2D eigenvalue weighted by molar-refractivity contribution is 0.249. The van der Waals surface area contributed by atoms with Crippen molar-refractivity contribution in [2.45, 2.75) is 13.3 Å². The third-order valence-electron chi connectivity index (χ3n) is 2.59. The summed E-state index contributed by atoms with van der Waals surface area (Å²) in [4.78, 5) is 11.6. The number of aliphatic hydroxyl groups is 1. The Bertz CT molecular complexity index is 583. The molecule has 8 nitrogen and oxygen atoms in total. The molecule has 0 spiro atoms. The number of carbonyl (C=O) groups excluding carboxylic acids is 1. The molecule has 0 aliphatic carbocycles. The van der Waals surface area contributed by atoms with Crippen LogP contribution in [0, 0.1) is 6.92 Å². The van der Waals surface area contributed by atoms with E-state index in [0.717, 1.165) is 5.69 Å². The van der Waals surface area contributed by atoms with Crippen LogP contribution in [0.15, 0.2) is 24.3 Å². The number of hydrogen-bond acceptors (Lipinski definition) is 5. The minimum absolute atomic E-state index is 0.0499. The van der Waals surface area contributed by atoms with Crippen molar-refractivity contribution in [2.24, 2.45) is 0 Å². The third kappa shape index (κ3) is 3.51. The van der Waals surface area contributed by atoms with Crippen LogP contribution in [0.4, 0.5) is 10.5 Å². The number of carbonyl (C=O) groups is 1. The van der Waals surface area contributed by atoms with E-state index < -0.39 is 0 Å². The van der Waals surface area contributed by atoms with Gasteiger partial charge < -0.3 is 15.7 Å². The van der Waals surface area contributed by atoms with Gasteiger partial charge in [0, 0.05) is 18.8 Å². The van der Waals surface area contributed by atoms with Gasteiger partial charge >= 0.3 is 6.03 Å². The maximum atomic E-state index is 11.6. The van der Waals surface area contributed by atoms with Gasteiger partial charge in [-0.1, -0.05) is 6.07 Å². The molecule has 0 saturated heterocycles. The number of rotatable bonds is 5. The fourth-order valence-corrected chi connectivity index (χ4v) is 1.64. The first kappa shape index (κ1) is 13.9. The van der Waals surface area contributed by atoms with Crippen molar-refractivity contribution in [1.82, 2.24) is 25.5 Å². The van der Waals surface area contributed by atoms with Gasteiger partial charge in [-0.25, -0.2) is 4.79 Å². The van der Waals surface area contributed by atoms with Crippen LogP contribution in [0.25, 0.3) is 5.69 Å². The van der Waals surface area contributed by atoms with Crippen LogP contribution in [-0.2, 0) is 0 Å². The van der Waals surface area contributed by atoms with E-state index in [1.54, 1.807) is 29.8 Å². The maximum absolute atomic E-state index is 11.6. The Morgan fingerprint density at radius 3 is 3.00 bits per heavy atom. The summed E-state index contributed by atoms with van der Waals surface area (Å²) in [5.74, 6) is 0.662. The number of nitrogens with one attached hydrogen (secondary N) is 2. The molecule has 1 aromatic carbocycles. The summed E-state index contributed by atoms with van der Waals surface area (Å²) in [7, 11) is 0. The molecule has 0 atom stereocenters. The Morgan fingerprint density at radius 2 is 2.30 bits per heavy atom. The van der Waals surface area contributed by atoms with E-state index in [1.165, 1.54) is 0 Å². The van der Waals surface area contributed by atoms with Crippen LogP contribution in [0.3, 0.4) is 0 Å². The van der Waals surface area contributed by atoms with E-state index in [1.807, 2.05) is 6.07 Å². The second-order valence-electron chi connectivity index (χ2n) is 4.15. The fraction of sp³-hybridized carbons (Fsp3) is 0.333. The van der Waals surface area contributed by atoms with Gasteiger partial charge in [-0.15, -0.1) is 5.10 Å². The molecule has 20 heavy (non-hydrogen) atoms. The van der Waals surface area contributed by atoms with Crippen LogP contribution in [0.2, 0.25) is 0 Å². The van der Waals surface area contributed by atoms with E-state index in [9.17, 15) is 4.79 Å². The molecule has 3 N–H and O–H groups in total. The van der Waals surface area contributed by atoms with Crippen LogP contribution >= 0.6 is 0 Å². The maximum Gasteiger partial charge on any atom is 0.319 e. The summed E-state index contributed by atoms with van der Waals surface area (Å²) in [5, 5.41) is 25.2. The molecule has 8 heteroatoms. The van der Waals surface area contributed by atoms with Crippen LogP contribution < -0.4 is 10.6 Å². The van der Waals surface area contributed by atoms with Crippen molar-refractivity contribution in [2.75, 3.05) is 18.5 Å². The minimum atomic E-state index is -0.316. The Hall–Kier alpha value is -2.48. The summed E-state index contributed by atoms with van der Waals surface area (Å²) in [6.45, 7) is 2.27. The number of urea groups is 1. The van der Waals surface area contributed by atoms with Gasteiger partial charge in [0.2, 0.25) is 0 Å². The first-order chi connectivity index (χ1) is 9.70. The lowest BCUT2D eigenvalue weighted by Gasteiger charge is -2.08. The lowest BCUT2D eigenvalue weighted by Crippen LogP contribution is -2.29. The van der Waals surface area contributed by atoms with Crippen LogP contribution in [0.5, 0.6) is 0 Å². The monoisotopic (exact) mass is 276 g/mol. The van der Waals surface area contributed by atoms with Crippen molar-refractivity contribution in [3.63, 3.8) is 0 Å². The molecule has 2 rings (SSSR count). The van der Waals surface area contributed by atoms with E-state index >= 15 is 0 Å². The second kappa shape index (κ2) is 6.62. The van der Waals surface area contributed by atoms with Gasteiger partial charge in [-0.3, -0.25) is 0 Å². The first-order valence-electron chi connectivity index (χ1n) is 6.22. The fourth-order valence-electron chi connectivity index (χ4n) is 1.64. The number of aliphatic hydroxyl groups excluding tert-OH is 1. The molecular formula is C12H16N6O2. The number of hydrogen-bond donors (Lipinski definition) is 3. The van der Waals surface area contributed by atoms with Crippen LogP contribution in [0.1, 0.15) is 12.2 Å².